The van der Waals surface area contributed by atoms with E-state index in [1.165, 1.54) is 10.6 Å². The van der Waals surface area contributed by atoms with Gasteiger partial charge in [-0.05, 0) is 43.4 Å². The minimum atomic E-state index is -3.20. The first-order chi connectivity index (χ1) is 10.8. The maximum atomic E-state index is 12.7. The van der Waals surface area contributed by atoms with Gasteiger partial charge < -0.3 is 5.32 Å². The maximum absolute atomic E-state index is 12.7. The van der Waals surface area contributed by atoms with E-state index in [4.69, 9.17) is 11.6 Å². The molecule has 3 rings (SSSR count). The Morgan fingerprint density at radius 2 is 1.96 bits per heavy atom. The molecule has 1 saturated carbocycles. The average Bonchev–Trinajstić information content (AvgIpc) is 3.29. The smallest absolute Gasteiger partial charge is 0.230 e. The topological polar surface area (TPSA) is 66.5 Å². The van der Waals surface area contributed by atoms with E-state index in [-0.39, 0.29) is 11.9 Å². The molecule has 1 N–H and O–H groups in total. The van der Waals surface area contributed by atoms with Gasteiger partial charge in [0.2, 0.25) is 15.9 Å². The van der Waals surface area contributed by atoms with Crippen LogP contribution in [0.2, 0.25) is 5.02 Å². The number of hydrogen-bond donors (Lipinski definition) is 1. The lowest BCUT2D eigenvalue weighted by molar-refractivity contribution is -0.124. The summed E-state index contributed by atoms with van der Waals surface area (Å²) in [7, 11) is -3.20. The van der Waals surface area contributed by atoms with Gasteiger partial charge in [-0.1, -0.05) is 23.7 Å². The van der Waals surface area contributed by atoms with Crippen LogP contribution in [0.3, 0.4) is 0 Å². The Labute approximate surface area is 142 Å². The molecule has 1 aliphatic carbocycles. The normalized spacial score (nSPS) is 24.2. The SMILES string of the molecule is CS(=O)(=O)N1CCCC(NC(=O)C2(c3ccc(Cl)cc3)CC2)C1. The van der Waals surface area contributed by atoms with Gasteiger partial charge in [-0.25, -0.2) is 12.7 Å². The summed E-state index contributed by atoms with van der Waals surface area (Å²) >= 11 is 5.91. The first-order valence-electron chi connectivity index (χ1n) is 7.83. The third-order valence-corrected chi connectivity index (χ3v) is 6.29. The Morgan fingerprint density at radius 1 is 1.30 bits per heavy atom. The van der Waals surface area contributed by atoms with Crippen molar-refractivity contribution in [2.75, 3.05) is 19.3 Å². The van der Waals surface area contributed by atoms with Crippen LogP contribution >= 0.6 is 11.6 Å². The van der Waals surface area contributed by atoms with E-state index in [1.807, 2.05) is 12.1 Å². The quantitative estimate of drug-likeness (QED) is 0.896. The van der Waals surface area contributed by atoms with Crippen molar-refractivity contribution in [1.82, 2.24) is 9.62 Å². The van der Waals surface area contributed by atoms with E-state index in [2.05, 4.69) is 5.32 Å². The van der Waals surface area contributed by atoms with Crippen LogP contribution in [0.4, 0.5) is 0 Å². The Kier molecular flexibility index (Phi) is 4.42. The number of hydrogen-bond acceptors (Lipinski definition) is 3. The second kappa shape index (κ2) is 6.07. The molecule has 1 amide bonds. The van der Waals surface area contributed by atoms with Crippen molar-refractivity contribution >= 4 is 27.5 Å². The lowest BCUT2D eigenvalue weighted by atomic mass is 9.94. The fourth-order valence-electron chi connectivity index (χ4n) is 3.23. The molecule has 7 heteroatoms. The number of sulfonamides is 1. The summed E-state index contributed by atoms with van der Waals surface area (Å²) in [5, 5.41) is 3.71. The minimum absolute atomic E-state index is 0.000161. The van der Waals surface area contributed by atoms with Crippen molar-refractivity contribution in [2.45, 2.75) is 37.1 Å². The largest absolute Gasteiger partial charge is 0.351 e. The molecular formula is C16H21ClN2O3S. The number of halogens is 1. The van der Waals surface area contributed by atoms with Gasteiger partial charge in [0, 0.05) is 24.2 Å². The average molecular weight is 357 g/mol. The number of nitrogens with zero attached hydrogens (tertiary/aromatic N) is 1. The first-order valence-corrected chi connectivity index (χ1v) is 10.1. The Bertz CT molecular complexity index is 699. The number of amides is 1. The highest BCUT2D eigenvalue weighted by Crippen LogP contribution is 2.48. The van der Waals surface area contributed by atoms with Crippen LogP contribution < -0.4 is 5.32 Å². The Balaban J connectivity index is 1.68. The number of carbonyl (C=O) groups is 1. The van der Waals surface area contributed by atoms with Gasteiger partial charge in [-0.3, -0.25) is 4.79 Å². The summed E-state index contributed by atoms with van der Waals surface area (Å²) in [5.41, 5.74) is 0.521. The van der Waals surface area contributed by atoms with Crippen LogP contribution in [0.25, 0.3) is 0 Å². The highest BCUT2D eigenvalue weighted by Gasteiger charge is 2.51. The van der Waals surface area contributed by atoms with Crippen molar-refractivity contribution in [3.05, 3.63) is 34.9 Å². The summed E-state index contributed by atoms with van der Waals surface area (Å²) in [5.74, 6) is 0.000161. The predicted molar refractivity (Wildman–Crippen MR) is 89.9 cm³/mol. The number of piperidine rings is 1. The summed E-state index contributed by atoms with van der Waals surface area (Å²) < 4.78 is 24.8. The van der Waals surface area contributed by atoms with Crippen molar-refractivity contribution in [2.24, 2.45) is 0 Å². The fourth-order valence-corrected chi connectivity index (χ4v) is 4.26. The van der Waals surface area contributed by atoms with Gasteiger partial charge >= 0.3 is 0 Å². The molecule has 1 saturated heterocycles. The van der Waals surface area contributed by atoms with Crippen LogP contribution in [0.15, 0.2) is 24.3 Å². The van der Waals surface area contributed by atoms with E-state index >= 15 is 0 Å². The summed E-state index contributed by atoms with van der Waals surface area (Å²) in [4.78, 5) is 12.7. The van der Waals surface area contributed by atoms with Gasteiger partial charge in [0.1, 0.15) is 0 Å². The monoisotopic (exact) mass is 356 g/mol. The van der Waals surface area contributed by atoms with Crippen LogP contribution in [0.5, 0.6) is 0 Å². The zero-order valence-electron chi connectivity index (χ0n) is 13.1. The molecule has 1 aromatic carbocycles. The number of carbonyl (C=O) groups excluding carboxylic acids is 1. The Morgan fingerprint density at radius 3 is 2.52 bits per heavy atom. The number of rotatable bonds is 4. The highest BCUT2D eigenvalue weighted by molar-refractivity contribution is 7.88. The number of benzene rings is 1. The lowest BCUT2D eigenvalue weighted by Gasteiger charge is -2.32. The minimum Gasteiger partial charge on any atom is -0.351 e. The molecule has 0 bridgehead atoms. The predicted octanol–water partition coefficient (Wildman–Crippen LogP) is 1.91. The van der Waals surface area contributed by atoms with Crippen LogP contribution in [-0.4, -0.2) is 44.0 Å². The third-order valence-electron chi connectivity index (χ3n) is 4.77. The molecule has 0 radical (unpaired) electrons. The molecule has 0 spiro atoms. The molecule has 1 aromatic rings. The van der Waals surface area contributed by atoms with Gasteiger partial charge in [0.05, 0.1) is 11.7 Å². The number of nitrogens with one attached hydrogen (secondary N) is 1. The zero-order valence-corrected chi connectivity index (χ0v) is 14.7. The lowest BCUT2D eigenvalue weighted by Crippen LogP contribution is -2.51. The fraction of sp³-hybridized carbons (Fsp3) is 0.562. The second-order valence-electron chi connectivity index (χ2n) is 6.52. The van der Waals surface area contributed by atoms with Gasteiger partial charge in [0.15, 0.2) is 0 Å². The van der Waals surface area contributed by atoms with E-state index in [0.717, 1.165) is 31.2 Å². The molecule has 0 aromatic heterocycles. The molecular weight excluding hydrogens is 336 g/mol. The van der Waals surface area contributed by atoms with E-state index in [9.17, 15) is 13.2 Å². The molecule has 23 heavy (non-hydrogen) atoms. The molecule has 1 aliphatic heterocycles. The van der Waals surface area contributed by atoms with Crippen molar-refractivity contribution < 1.29 is 13.2 Å². The molecule has 1 unspecified atom stereocenters. The maximum Gasteiger partial charge on any atom is 0.230 e. The van der Waals surface area contributed by atoms with Gasteiger partial charge in [-0.2, -0.15) is 0 Å². The molecule has 1 atom stereocenters. The van der Waals surface area contributed by atoms with Crippen molar-refractivity contribution in [3.8, 4) is 0 Å². The summed E-state index contributed by atoms with van der Waals surface area (Å²) in [6.45, 7) is 0.898. The van der Waals surface area contributed by atoms with E-state index < -0.39 is 15.4 Å². The van der Waals surface area contributed by atoms with Crippen LogP contribution in [-0.2, 0) is 20.2 Å². The third kappa shape index (κ3) is 3.54. The summed E-state index contributed by atoms with van der Waals surface area (Å²) in [6.07, 6.45) is 4.44. The van der Waals surface area contributed by atoms with Crippen LogP contribution in [0.1, 0.15) is 31.2 Å². The van der Waals surface area contributed by atoms with Gasteiger partial charge in [-0.15, -0.1) is 0 Å². The molecule has 2 aliphatic rings. The molecule has 1 heterocycles. The summed E-state index contributed by atoms with van der Waals surface area (Å²) in [6, 6.07) is 7.29. The van der Waals surface area contributed by atoms with E-state index in [1.54, 1.807) is 12.1 Å². The molecule has 5 nitrogen and oxygen atoms in total. The van der Waals surface area contributed by atoms with Crippen LogP contribution in [0, 0.1) is 0 Å². The Hall–Kier alpha value is -1.11. The van der Waals surface area contributed by atoms with Crippen molar-refractivity contribution in [1.29, 1.82) is 0 Å². The highest BCUT2D eigenvalue weighted by atomic mass is 35.5. The van der Waals surface area contributed by atoms with Crippen molar-refractivity contribution in [3.63, 3.8) is 0 Å². The zero-order chi connectivity index (χ0) is 16.7. The first kappa shape index (κ1) is 16.7. The van der Waals surface area contributed by atoms with Gasteiger partial charge in [0.25, 0.3) is 0 Å². The second-order valence-corrected chi connectivity index (χ2v) is 8.94. The molecule has 2 fully saturated rings. The molecule has 126 valence electrons. The van der Waals surface area contributed by atoms with E-state index in [0.29, 0.717) is 18.1 Å². The standard InChI is InChI=1S/C16H21ClN2O3S/c1-23(21,22)19-10-2-3-14(11-19)18-15(20)16(8-9-16)12-4-6-13(17)7-5-12/h4-7,14H,2-3,8-11H2,1H3,(H,18,20).